The Morgan fingerprint density at radius 3 is 2.06 bits per heavy atom. The summed E-state index contributed by atoms with van der Waals surface area (Å²) < 4.78 is 15.3. The molecule has 0 bridgehead atoms. The van der Waals surface area contributed by atoms with E-state index in [2.05, 4.69) is 0 Å². The molecule has 1 N–H and O–H groups in total. The lowest BCUT2D eigenvalue weighted by Gasteiger charge is -2.13. The molecule has 5 heteroatoms. The van der Waals surface area contributed by atoms with Crippen molar-refractivity contribution in [1.82, 2.24) is 0 Å². The normalized spacial score (nSPS) is 9.88. The molecule has 0 spiro atoms. The molecular weight excluding hydrogens is 224 g/mol. The van der Waals surface area contributed by atoms with Crippen LogP contribution in [-0.4, -0.2) is 38.8 Å². The van der Waals surface area contributed by atoms with Gasteiger partial charge in [-0.1, -0.05) is 0 Å². The molecule has 0 atom stereocenters. The van der Waals surface area contributed by atoms with E-state index in [1.807, 2.05) is 0 Å². The number of aliphatic hydroxyl groups excluding tert-OH is 1. The quantitative estimate of drug-likeness (QED) is 0.759. The number of benzene rings is 1. The van der Waals surface area contributed by atoms with Crippen molar-refractivity contribution in [2.75, 3.05) is 27.9 Å². The Labute approximate surface area is 99.9 Å². The highest BCUT2D eigenvalue weighted by Gasteiger charge is 2.16. The molecule has 0 amide bonds. The zero-order valence-corrected chi connectivity index (χ0v) is 10.1. The first-order chi connectivity index (χ1) is 8.17. The van der Waals surface area contributed by atoms with Crippen LogP contribution in [0.3, 0.4) is 0 Å². The highest BCUT2D eigenvalue weighted by molar-refractivity contribution is 5.99. The fourth-order valence-corrected chi connectivity index (χ4v) is 1.48. The first-order valence-electron chi connectivity index (χ1n) is 5.12. The van der Waals surface area contributed by atoms with Crippen LogP contribution in [0.2, 0.25) is 0 Å². The maximum Gasteiger partial charge on any atom is 0.169 e. The molecule has 1 aromatic rings. The SMILES string of the molecule is COc1cc(OC)c(C(=O)CCO)cc1OC. The number of rotatable bonds is 6. The Balaban J connectivity index is 3.23. The van der Waals surface area contributed by atoms with E-state index in [0.717, 1.165) is 0 Å². The fraction of sp³-hybridized carbons (Fsp3) is 0.417. The minimum atomic E-state index is -0.203. The molecule has 1 aromatic carbocycles. The van der Waals surface area contributed by atoms with Gasteiger partial charge >= 0.3 is 0 Å². The number of hydrogen-bond acceptors (Lipinski definition) is 5. The number of ether oxygens (including phenoxy) is 3. The van der Waals surface area contributed by atoms with Crippen LogP contribution in [-0.2, 0) is 0 Å². The van der Waals surface area contributed by atoms with Crippen molar-refractivity contribution in [3.8, 4) is 17.2 Å². The molecular formula is C12H16O5. The van der Waals surface area contributed by atoms with Gasteiger partial charge in [-0.05, 0) is 6.07 Å². The Hall–Kier alpha value is -1.75. The van der Waals surface area contributed by atoms with Crippen molar-refractivity contribution >= 4 is 5.78 Å². The topological polar surface area (TPSA) is 65.0 Å². The third kappa shape index (κ3) is 2.88. The molecule has 0 saturated carbocycles. The molecule has 0 aliphatic carbocycles. The zero-order chi connectivity index (χ0) is 12.8. The van der Waals surface area contributed by atoms with Gasteiger partial charge in [0.2, 0.25) is 0 Å². The molecule has 5 nitrogen and oxygen atoms in total. The summed E-state index contributed by atoms with van der Waals surface area (Å²) in [6, 6.07) is 3.14. The van der Waals surface area contributed by atoms with Crippen LogP contribution in [0.25, 0.3) is 0 Å². The van der Waals surface area contributed by atoms with Crippen molar-refractivity contribution in [2.45, 2.75) is 6.42 Å². The van der Waals surface area contributed by atoms with Gasteiger partial charge < -0.3 is 19.3 Å². The van der Waals surface area contributed by atoms with Gasteiger partial charge in [0, 0.05) is 12.5 Å². The standard InChI is InChI=1S/C12H16O5/c1-15-10-7-12(17-3)11(16-2)6-8(10)9(14)4-5-13/h6-7,13H,4-5H2,1-3H3. The van der Waals surface area contributed by atoms with E-state index in [-0.39, 0.29) is 18.8 Å². The maximum absolute atomic E-state index is 11.8. The van der Waals surface area contributed by atoms with Crippen molar-refractivity contribution in [2.24, 2.45) is 0 Å². The number of carbonyl (C=O) groups excluding carboxylic acids is 1. The first-order valence-corrected chi connectivity index (χ1v) is 5.12. The molecule has 0 aliphatic rings. The van der Waals surface area contributed by atoms with Gasteiger partial charge in [0.15, 0.2) is 17.3 Å². The first kappa shape index (κ1) is 13.3. The summed E-state index contributed by atoms with van der Waals surface area (Å²) in [6.45, 7) is -0.198. The predicted molar refractivity (Wildman–Crippen MR) is 62.1 cm³/mol. The van der Waals surface area contributed by atoms with E-state index < -0.39 is 0 Å². The number of aliphatic hydroxyl groups is 1. The molecule has 0 radical (unpaired) electrons. The third-order valence-electron chi connectivity index (χ3n) is 2.34. The van der Waals surface area contributed by atoms with Gasteiger partial charge in [0.05, 0.1) is 33.5 Å². The Morgan fingerprint density at radius 1 is 1.06 bits per heavy atom. The highest BCUT2D eigenvalue weighted by Crippen LogP contribution is 2.35. The third-order valence-corrected chi connectivity index (χ3v) is 2.34. The summed E-state index contributed by atoms with van der Waals surface area (Å²) in [6.07, 6.45) is 0.0475. The van der Waals surface area contributed by atoms with E-state index >= 15 is 0 Å². The monoisotopic (exact) mass is 240 g/mol. The van der Waals surface area contributed by atoms with Crippen LogP contribution >= 0.6 is 0 Å². The van der Waals surface area contributed by atoms with Gasteiger partial charge in [0.25, 0.3) is 0 Å². The van der Waals surface area contributed by atoms with Gasteiger partial charge in [-0.25, -0.2) is 0 Å². The molecule has 94 valence electrons. The zero-order valence-electron chi connectivity index (χ0n) is 10.1. The molecule has 0 unspecified atom stereocenters. The molecule has 1 rings (SSSR count). The van der Waals surface area contributed by atoms with E-state index in [9.17, 15) is 4.79 Å². The number of Topliss-reactive ketones (excluding diaryl/α,β-unsaturated/α-hetero) is 1. The van der Waals surface area contributed by atoms with Crippen LogP contribution in [0, 0.1) is 0 Å². The largest absolute Gasteiger partial charge is 0.496 e. The average Bonchev–Trinajstić information content (AvgIpc) is 2.37. The number of ketones is 1. The second-order valence-electron chi connectivity index (χ2n) is 3.30. The lowest BCUT2D eigenvalue weighted by atomic mass is 10.1. The molecule has 0 heterocycles. The molecule has 17 heavy (non-hydrogen) atoms. The van der Waals surface area contributed by atoms with Crippen LogP contribution in [0.1, 0.15) is 16.8 Å². The van der Waals surface area contributed by atoms with E-state index in [1.165, 1.54) is 21.3 Å². The van der Waals surface area contributed by atoms with Gasteiger partial charge in [-0.2, -0.15) is 0 Å². The summed E-state index contributed by atoms with van der Waals surface area (Å²) in [5.41, 5.74) is 0.374. The molecule has 0 fully saturated rings. The fourth-order valence-electron chi connectivity index (χ4n) is 1.48. The highest BCUT2D eigenvalue weighted by atomic mass is 16.5. The number of carbonyl (C=O) groups is 1. The van der Waals surface area contributed by atoms with E-state index in [0.29, 0.717) is 22.8 Å². The predicted octanol–water partition coefficient (Wildman–Crippen LogP) is 1.28. The summed E-state index contributed by atoms with van der Waals surface area (Å²) in [5, 5.41) is 8.77. The Bertz CT molecular complexity index is 400. The smallest absolute Gasteiger partial charge is 0.169 e. The summed E-state index contributed by atoms with van der Waals surface area (Å²) in [5.74, 6) is 1.14. The van der Waals surface area contributed by atoms with Crippen molar-refractivity contribution in [1.29, 1.82) is 0 Å². The number of methoxy groups -OCH3 is 3. The summed E-state index contributed by atoms with van der Waals surface area (Å²) in [7, 11) is 4.47. The van der Waals surface area contributed by atoms with Gasteiger partial charge in [-0.3, -0.25) is 4.79 Å². The molecule has 0 saturated heterocycles. The van der Waals surface area contributed by atoms with Crippen LogP contribution in [0.4, 0.5) is 0 Å². The van der Waals surface area contributed by atoms with Crippen molar-refractivity contribution in [3.05, 3.63) is 17.7 Å². The van der Waals surface area contributed by atoms with E-state index in [1.54, 1.807) is 12.1 Å². The number of hydrogen-bond donors (Lipinski definition) is 1. The van der Waals surface area contributed by atoms with Crippen LogP contribution < -0.4 is 14.2 Å². The minimum absolute atomic E-state index is 0.0475. The lowest BCUT2D eigenvalue weighted by molar-refractivity contribution is 0.0953. The Morgan fingerprint density at radius 2 is 1.59 bits per heavy atom. The Kier molecular flexibility index (Phi) is 4.78. The van der Waals surface area contributed by atoms with Crippen molar-refractivity contribution in [3.63, 3.8) is 0 Å². The lowest BCUT2D eigenvalue weighted by Crippen LogP contribution is -2.05. The maximum atomic E-state index is 11.8. The van der Waals surface area contributed by atoms with Crippen LogP contribution in [0.15, 0.2) is 12.1 Å². The second-order valence-corrected chi connectivity index (χ2v) is 3.30. The van der Waals surface area contributed by atoms with Gasteiger partial charge in [-0.15, -0.1) is 0 Å². The minimum Gasteiger partial charge on any atom is -0.496 e. The summed E-state index contributed by atoms with van der Waals surface area (Å²) >= 11 is 0. The second kappa shape index (κ2) is 6.10. The van der Waals surface area contributed by atoms with Crippen LogP contribution in [0.5, 0.6) is 17.2 Å². The molecule has 0 aromatic heterocycles. The van der Waals surface area contributed by atoms with Gasteiger partial charge in [0.1, 0.15) is 5.75 Å². The average molecular weight is 240 g/mol. The van der Waals surface area contributed by atoms with E-state index in [4.69, 9.17) is 19.3 Å². The van der Waals surface area contributed by atoms with Crippen molar-refractivity contribution < 1.29 is 24.1 Å². The summed E-state index contributed by atoms with van der Waals surface area (Å²) in [4.78, 5) is 11.8. The molecule has 0 aliphatic heterocycles.